The number of carbonyl (C=O) groups is 3. The van der Waals surface area contributed by atoms with Gasteiger partial charge in [0.05, 0.1) is 0 Å². The molecule has 0 bridgehead atoms. The summed E-state index contributed by atoms with van der Waals surface area (Å²) in [5.41, 5.74) is 2.97. The predicted molar refractivity (Wildman–Crippen MR) is 153 cm³/mol. The highest BCUT2D eigenvalue weighted by Crippen LogP contribution is 2.32. The molecule has 0 aliphatic carbocycles. The molecule has 0 saturated heterocycles. The Morgan fingerprint density at radius 3 is 2.38 bits per heavy atom. The molecule has 4 aromatic rings. The second kappa shape index (κ2) is 12.8. The van der Waals surface area contributed by atoms with Crippen LogP contribution >= 0.6 is 27.5 Å². The Bertz CT molecular complexity index is 1520. The Kier molecular flexibility index (Phi) is 9.23. The molecule has 0 radical (unpaired) electrons. The minimum atomic E-state index is -1.14. The van der Waals surface area contributed by atoms with Crippen LogP contribution in [0.25, 0.3) is 11.3 Å². The minimum Gasteiger partial charge on any atom is -0.480 e. The molecule has 0 saturated carbocycles. The van der Waals surface area contributed by atoms with Crippen molar-refractivity contribution in [2.75, 3.05) is 5.32 Å². The molecule has 0 aliphatic heterocycles. The van der Waals surface area contributed by atoms with E-state index in [1.165, 1.54) is 12.1 Å². The zero-order valence-corrected chi connectivity index (χ0v) is 23.8. The standard InChI is InChI=1S/C29H25BrClN3O6/c1-16-25(33-29(38)39-17(2)22-5-3-4-6-23(22)31)26(40-34-16)19-9-11-20(12-10-19)27(35)32-24(28(36)37)15-18-7-13-21(30)14-8-18/h3-14,17,24H,15H2,1-2H3,(H,32,35)(H,33,38)(H,36,37)/t17-,24?/m1/s1. The highest BCUT2D eigenvalue weighted by Gasteiger charge is 2.23. The molecule has 1 aromatic heterocycles. The Hall–Kier alpha value is -4.15. The molecule has 3 N–H and O–H groups in total. The molecule has 11 heteroatoms. The first-order valence-electron chi connectivity index (χ1n) is 12.2. The van der Waals surface area contributed by atoms with Gasteiger partial charge in [0, 0.05) is 32.6 Å². The summed E-state index contributed by atoms with van der Waals surface area (Å²) in [6, 6.07) is 19.4. The zero-order valence-electron chi connectivity index (χ0n) is 21.5. The van der Waals surface area contributed by atoms with Crippen LogP contribution in [0.1, 0.15) is 40.2 Å². The fourth-order valence-electron chi connectivity index (χ4n) is 3.95. The van der Waals surface area contributed by atoms with Gasteiger partial charge in [0.2, 0.25) is 0 Å². The molecule has 40 heavy (non-hydrogen) atoms. The minimum absolute atomic E-state index is 0.129. The summed E-state index contributed by atoms with van der Waals surface area (Å²) in [7, 11) is 0. The maximum Gasteiger partial charge on any atom is 0.412 e. The molecule has 1 unspecified atom stereocenters. The lowest BCUT2D eigenvalue weighted by Crippen LogP contribution is -2.42. The SMILES string of the molecule is Cc1noc(-c2ccc(C(=O)NC(Cc3ccc(Br)cc3)C(=O)O)cc2)c1NC(=O)O[C@H](C)c1ccccc1Cl. The second-order valence-electron chi connectivity index (χ2n) is 8.94. The lowest BCUT2D eigenvalue weighted by Gasteiger charge is -2.16. The van der Waals surface area contributed by atoms with Crippen molar-refractivity contribution in [3.05, 3.63) is 105 Å². The van der Waals surface area contributed by atoms with Gasteiger partial charge in [0.25, 0.3) is 5.91 Å². The first-order chi connectivity index (χ1) is 19.1. The molecule has 4 rings (SSSR count). The van der Waals surface area contributed by atoms with E-state index in [4.69, 9.17) is 20.9 Å². The molecule has 206 valence electrons. The van der Waals surface area contributed by atoms with Gasteiger partial charge in [0.15, 0.2) is 5.76 Å². The molecule has 1 heterocycles. The predicted octanol–water partition coefficient (Wildman–Crippen LogP) is 6.80. The van der Waals surface area contributed by atoms with Crippen LogP contribution < -0.4 is 10.6 Å². The van der Waals surface area contributed by atoms with E-state index in [2.05, 4.69) is 31.7 Å². The topological polar surface area (TPSA) is 131 Å². The van der Waals surface area contributed by atoms with Crippen LogP contribution in [0.4, 0.5) is 10.5 Å². The molecule has 2 amide bonds. The molecule has 9 nitrogen and oxygen atoms in total. The van der Waals surface area contributed by atoms with E-state index < -0.39 is 30.1 Å². The lowest BCUT2D eigenvalue weighted by atomic mass is 10.0. The van der Waals surface area contributed by atoms with E-state index in [0.29, 0.717) is 27.5 Å². The van der Waals surface area contributed by atoms with Crippen LogP contribution in [0.2, 0.25) is 5.02 Å². The number of ether oxygens (including phenoxy) is 1. The monoisotopic (exact) mass is 625 g/mol. The van der Waals surface area contributed by atoms with Crippen LogP contribution in [0, 0.1) is 6.92 Å². The van der Waals surface area contributed by atoms with E-state index in [9.17, 15) is 19.5 Å². The van der Waals surface area contributed by atoms with Crippen molar-refractivity contribution >= 4 is 51.2 Å². The van der Waals surface area contributed by atoms with E-state index in [1.807, 2.05) is 12.1 Å². The maximum atomic E-state index is 12.8. The smallest absolute Gasteiger partial charge is 0.412 e. The van der Waals surface area contributed by atoms with Crippen molar-refractivity contribution in [3.8, 4) is 11.3 Å². The zero-order chi connectivity index (χ0) is 28.8. The van der Waals surface area contributed by atoms with E-state index >= 15 is 0 Å². The van der Waals surface area contributed by atoms with Crippen LogP contribution in [0.3, 0.4) is 0 Å². The van der Waals surface area contributed by atoms with Gasteiger partial charge in [-0.3, -0.25) is 10.1 Å². The number of aromatic nitrogens is 1. The average Bonchev–Trinajstić information content (AvgIpc) is 3.29. The third-order valence-corrected chi connectivity index (χ3v) is 6.96. The summed E-state index contributed by atoms with van der Waals surface area (Å²) in [6.07, 6.45) is -1.20. The summed E-state index contributed by atoms with van der Waals surface area (Å²) in [5.74, 6) is -1.41. The van der Waals surface area contributed by atoms with Gasteiger partial charge < -0.3 is 19.7 Å². The number of nitrogens with zero attached hydrogens (tertiary/aromatic N) is 1. The van der Waals surface area contributed by atoms with Crippen molar-refractivity contribution in [2.45, 2.75) is 32.4 Å². The number of nitrogens with one attached hydrogen (secondary N) is 2. The highest BCUT2D eigenvalue weighted by atomic mass is 79.9. The molecule has 0 aliphatic rings. The quantitative estimate of drug-likeness (QED) is 0.186. The lowest BCUT2D eigenvalue weighted by molar-refractivity contribution is -0.139. The van der Waals surface area contributed by atoms with Crippen LogP contribution in [-0.2, 0) is 16.0 Å². The number of carboxylic acid groups (broad SMARTS) is 1. The van der Waals surface area contributed by atoms with Gasteiger partial charge in [-0.2, -0.15) is 0 Å². The third-order valence-electron chi connectivity index (χ3n) is 6.08. The van der Waals surface area contributed by atoms with Crippen molar-refractivity contribution in [1.29, 1.82) is 0 Å². The van der Waals surface area contributed by atoms with Crippen molar-refractivity contribution < 1.29 is 28.8 Å². The van der Waals surface area contributed by atoms with E-state index in [-0.39, 0.29) is 17.7 Å². The van der Waals surface area contributed by atoms with Crippen LogP contribution in [0.15, 0.2) is 81.8 Å². The summed E-state index contributed by atoms with van der Waals surface area (Å²) in [4.78, 5) is 37.2. The van der Waals surface area contributed by atoms with Crippen molar-refractivity contribution in [1.82, 2.24) is 10.5 Å². The molecule has 2 atom stereocenters. The number of aryl methyl sites for hydroxylation is 1. The number of hydrogen-bond acceptors (Lipinski definition) is 6. The highest BCUT2D eigenvalue weighted by molar-refractivity contribution is 9.10. The fraction of sp³-hybridized carbons (Fsp3) is 0.172. The number of carbonyl (C=O) groups excluding carboxylic acids is 2. The maximum absolute atomic E-state index is 12.8. The molecular weight excluding hydrogens is 602 g/mol. The number of anilines is 1. The number of halogens is 2. The normalized spacial score (nSPS) is 12.3. The van der Waals surface area contributed by atoms with Crippen LogP contribution in [0.5, 0.6) is 0 Å². The van der Waals surface area contributed by atoms with E-state index in [1.54, 1.807) is 62.4 Å². The fourth-order valence-corrected chi connectivity index (χ4v) is 4.50. The van der Waals surface area contributed by atoms with E-state index in [0.717, 1.165) is 10.0 Å². The molecule has 0 fully saturated rings. The number of amides is 2. The first kappa shape index (κ1) is 28.8. The molecule has 3 aromatic carbocycles. The number of carboxylic acids is 1. The second-order valence-corrected chi connectivity index (χ2v) is 10.3. The molecule has 0 spiro atoms. The third kappa shape index (κ3) is 7.08. The van der Waals surface area contributed by atoms with Gasteiger partial charge in [-0.05, 0) is 49.7 Å². The van der Waals surface area contributed by atoms with Gasteiger partial charge in [-0.25, -0.2) is 9.59 Å². The van der Waals surface area contributed by atoms with Crippen molar-refractivity contribution in [3.63, 3.8) is 0 Å². The van der Waals surface area contributed by atoms with Gasteiger partial charge in [-0.15, -0.1) is 0 Å². The van der Waals surface area contributed by atoms with Gasteiger partial charge >= 0.3 is 12.1 Å². The Labute approximate surface area is 243 Å². The van der Waals surface area contributed by atoms with Gasteiger partial charge in [-0.1, -0.05) is 75.2 Å². The average molecular weight is 627 g/mol. The Morgan fingerprint density at radius 1 is 1.05 bits per heavy atom. The Balaban J connectivity index is 1.43. The summed E-state index contributed by atoms with van der Waals surface area (Å²) in [6.45, 7) is 3.37. The number of hydrogen-bond donors (Lipinski definition) is 3. The van der Waals surface area contributed by atoms with Gasteiger partial charge in [0.1, 0.15) is 23.5 Å². The number of rotatable bonds is 9. The Morgan fingerprint density at radius 2 is 1.73 bits per heavy atom. The largest absolute Gasteiger partial charge is 0.480 e. The molecular formula is C29H25BrClN3O6. The number of aliphatic carboxylic acids is 1. The van der Waals surface area contributed by atoms with Crippen molar-refractivity contribution in [2.24, 2.45) is 0 Å². The summed E-state index contributed by atoms with van der Waals surface area (Å²) < 4.78 is 11.8. The first-order valence-corrected chi connectivity index (χ1v) is 13.4. The summed E-state index contributed by atoms with van der Waals surface area (Å²) >= 11 is 9.54. The summed E-state index contributed by atoms with van der Waals surface area (Å²) in [5, 5.41) is 19.3. The van der Waals surface area contributed by atoms with Crippen LogP contribution in [-0.4, -0.2) is 34.3 Å². The number of benzene rings is 3.